The number of hydrogen-bond donors (Lipinski definition) is 1. The Balaban J connectivity index is 1.93. The molecule has 5 nitrogen and oxygen atoms in total. The van der Waals surface area contributed by atoms with E-state index < -0.39 is 11.9 Å². The molecule has 0 fully saturated rings. The molecule has 2 aromatic rings. The van der Waals surface area contributed by atoms with Gasteiger partial charge in [-0.1, -0.05) is 41.6 Å². The van der Waals surface area contributed by atoms with Crippen LogP contribution in [0, 0.1) is 12.8 Å². The number of carboxylic acids is 1. The summed E-state index contributed by atoms with van der Waals surface area (Å²) in [6.45, 7) is 1.98. The molecule has 1 heterocycles. The number of aromatic nitrogens is 2. The van der Waals surface area contributed by atoms with Gasteiger partial charge in [0.25, 0.3) is 0 Å². The largest absolute Gasteiger partial charge is 0.481 e. The first kappa shape index (κ1) is 13.5. The van der Waals surface area contributed by atoms with E-state index in [1.54, 1.807) is 0 Å². The molecule has 108 valence electrons. The van der Waals surface area contributed by atoms with E-state index in [1.807, 2.05) is 43.3 Å². The summed E-state index contributed by atoms with van der Waals surface area (Å²) in [5, 5.41) is 13.3. The normalized spacial score (nSPS) is 21.4. The third kappa shape index (κ3) is 2.59. The number of allylic oxidation sites excluding steroid dienone is 2. The van der Waals surface area contributed by atoms with Crippen LogP contribution in [0.2, 0.25) is 0 Å². The van der Waals surface area contributed by atoms with Crippen molar-refractivity contribution < 1.29 is 14.4 Å². The van der Waals surface area contributed by atoms with E-state index in [0.717, 1.165) is 11.1 Å². The molecule has 3 rings (SSSR count). The molecule has 1 aromatic carbocycles. The minimum Gasteiger partial charge on any atom is -0.481 e. The Hall–Kier alpha value is -2.43. The maximum Gasteiger partial charge on any atom is 0.307 e. The van der Waals surface area contributed by atoms with Gasteiger partial charge in [-0.25, -0.2) is 0 Å². The maximum atomic E-state index is 11.3. The van der Waals surface area contributed by atoms with Crippen LogP contribution in [0.25, 0.3) is 11.4 Å². The second-order valence-electron chi connectivity index (χ2n) is 5.27. The van der Waals surface area contributed by atoms with Gasteiger partial charge in [-0.05, 0) is 25.3 Å². The SMILES string of the molecule is Cc1ccccc1-c1noc([C@@H]2CC=CC[C@@H]2C(=O)O)n1. The van der Waals surface area contributed by atoms with E-state index in [9.17, 15) is 9.90 Å². The van der Waals surface area contributed by atoms with Crippen molar-refractivity contribution in [2.75, 3.05) is 0 Å². The number of hydrogen-bond acceptors (Lipinski definition) is 4. The van der Waals surface area contributed by atoms with Gasteiger partial charge >= 0.3 is 5.97 Å². The molecular weight excluding hydrogens is 268 g/mol. The summed E-state index contributed by atoms with van der Waals surface area (Å²) < 4.78 is 5.34. The van der Waals surface area contributed by atoms with Gasteiger partial charge in [0.15, 0.2) is 0 Å². The van der Waals surface area contributed by atoms with Crippen LogP contribution in [0.15, 0.2) is 40.9 Å². The van der Waals surface area contributed by atoms with Crippen LogP contribution < -0.4 is 0 Å². The fourth-order valence-corrected chi connectivity index (χ4v) is 2.68. The molecular formula is C16H16N2O3. The Morgan fingerprint density at radius 3 is 2.81 bits per heavy atom. The van der Waals surface area contributed by atoms with Crippen molar-refractivity contribution >= 4 is 5.97 Å². The zero-order valence-electron chi connectivity index (χ0n) is 11.7. The molecule has 0 radical (unpaired) electrons. The molecule has 1 aromatic heterocycles. The Morgan fingerprint density at radius 1 is 1.29 bits per heavy atom. The summed E-state index contributed by atoms with van der Waals surface area (Å²) in [6, 6.07) is 7.78. The van der Waals surface area contributed by atoms with Gasteiger partial charge in [-0.3, -0.25) is 4.79 Å². The van der Waals surface area contributed by atoms with Crippen LogP contribution in [0.5, 0.6) is 0 Å². The van der Waals surface area contributed by atoms with Crippen molar-refractivity contribution in [1.82, 2.24) is 10.1 Å². The summed E-state index contributed by atoms with van der Waals surface area (Å²) >= 11 is 0. The molecule has 21 heavy (non-hydrogen) atoms. The van der Waals surface area contributed by atoms with Crippen LogP contribution >= 0.6 is 0 Å². The predicted octanol–water partition coefficient (Wildman–Crippen LogP) is 3.18. The number of carbonyl (C=O) groups is 1. The Kier molecular flexibility index (Phi) is 3.56. The Bertz CT molecular complexity index is 690. The molecule has 0 bridgehead atoms. The average molecular weight is 284 g/mol. The summed E-state index contributed by atoms with van der Waals surface area (Å²) in [6.07, 6.45) is 4.99. The zero-order valence-corrected chi connectivity index (χ0v) is 11.7. The van der Waals surface area contributed by atoms with Gasteiger partial charge in [0, 0.05) is 5.56 Å². The van der Waals surface area contributed by atoms with E-state index in [0.29, 0.717) is 24.6 Å². The topological polar surface area (TPSA) is 76.2 Å². The molecule has 0 amide bonds. The quantitative estimate of drug-likeness (QED) is 0.876. The molecule has 0 unspecified atom stereocenters. The number of benzene rings is 1. The highest BCUT2D eigenvalue weighted by molar-refractivity contribution is 5.71. The highest BCUT2D eigenvalue weighted by Gasteiger charge is 2.34. The molecule has 5 heteroatoms. The lowest BCUT2D eigenvalue weighted by Gasteiger charge is -2.21. The first-order valence-corrected chi connectivity index (χ1v) is 6.94. The third-order valence-corrected chi connectivity index (χ3v) is 3.89. The van der Waals surface area contributed by atoms with E-state index >= 15 is 0 Å². The van der Waals surface area contributed by atoms with E-state index in [-0.39, 0.29) is 5.92 Å². The number of aryl methyl sites for hydroxylation is 1. The molecule has 1 aliphatic rings. The smallest absolute Gasteiger partial charge is 0.307 e. The van der Waals surface area contributed by atoms with E-state index in [2.05, 4.69) is 10.1 Å². The first-order valence-electron chi connectivity index (χ1n) is 6.94. The van der Waals surface area contributed by atoms with Gasteiger partial charge < -0.3 is 9.63 Å². The number of rotatable bonds is 3. The van der Waals surface area contributed by atoms with Crippen LogP contribution in [-0.4, -0.2) is 21.2 Å². The summed E-state index contributed by atoms with van der Waals surface area (Å²) in [5.74, 6) is -0.648. The minimum atomic E-state index is -0.819. The lowest BCUT2D eigenvalue weighted by molar-refractivity contribution is -0.142. The molecule has 0 spiro atoms. The monoisotopic (exact) mass is 284 g/mol. The van der Waals surface area contributed by atoms with E-state index in [4.69, 9.17) is 4.52 Å². The standard InChI is InChI=1S/C16H16N2O3/c1-10-6-2-3-7-11(10)14-17-15(21-18-14)12-8-4-5-9-13(12)16(19)20/h2-7,12-13H,8-9H2,1H3,(H,19,20)/t12-,13+/m1/s1. The lowest BCUT2D eigenvalue weighted by Crippen LogP contribution is -2.23. The highest BCUT2D eigenvalue weighted by Crippen LogP contribution is 2.34. The van der Waals surface area contributed by atoms with Crippen molar-refractivity contribution in [3.05, 3.63) is 47.9 Å². The molecule has 2 atom stereocenters. The van der Waals surface area contributed by atoms with Crippen LogP contribution in [0.1, 0.15) is 30.2 Å². The van der Waals surface area contributed by atoms with Crippen molar-refractivity contribution in [1.29, 1.82) is 0 Å². The van der Waals surface area contributed by atoms with Gasteiger partial charge in [0.1, 0.15) is 0 Å². The van der Waals surface area contributed by atoms with Gasteiger partial charge in [-0.2, -0.15) is 4.98 Å². The summed E-state index contributed by atoms with van der Waals surface area (Å²) in [4.78, 5) is 15.8. The van der Waals surface area contributed by atoms with Gasteiger partial charge in [0.2, 0.25) is 11.7 Å². The molecule has 0 saturated heterocycles. The van der Waals surface area contributed by atoms with Gasteiger partial charge in [0.05, 0.1) is 11.8 Å². The number of carboxylic acid groups (broad SMARTS) is 1. The zero-order chi connectivity index (χ0) is 14.8. The molecule has 0 saturated carbocycles. The highest BCUT2D eigenvalue weighted by atomic mass is 16.5. The van der Waals surface area contributed by atoms with E-state index in [1.165, 1.54) is 0 Å². The van der Waals surface area contributed by atoms with Crippen molar-refractivity contribution in [3.63, 3.8) is 0 Å². The maximum absolute atomic E-state index is 11.3. The first-order chi connectivity index (χ1) is 10.2. The fourth-order valence-electron chi connectivity index (χ4n) is 2.68. The fraction of sp³-hybridized carbons (Fsp3) is 0.312. The Morgan fingerprint density at radius 2 is 2.05 bits per heavy atom. The molecule has 1 N–H and O–H groups in total. The molecule has 0 aliphatic heterocycles. The summed E-state index contributed by atoms with van der Waals surface area (Å²) in [5.41, 5.74) is 1.97. The van der Waals surface area contributed by atoms with Crippen molar-refractivity contribution in [3.8, 4) is 11.4 Å². The minimum absolute atomic E-state index is 0.252. The van der Waals surface area contributed by atoms with Crippen LogP contribution in [-0.2, 0) is 4.79 Å². The summed E-state index contributed by atoms with van der Waals surface area (Å²) in [7, 11) is 0. The second kappa shape index (κ2) is 5.52. The predicted molar refractivity (Wildman–Crippen MR) is 76.7 cm³/mol. The third-order valence-electron chi connectivity index (χ3n) is 3.89. The number of nitrogens with zero attached hydrogens (tertiary/aromatic N) is 2. The van der Waals surface area contributed by atoms with Gasteiger partial charge in [-0.15, -0.1) is 0 Å². The van der Waals surface area contributed by atoms with Crippen LogP contribution in [0.4, 0.5) is 0 Å². The number of aliphatic carboxylic acids is 1. The Labute approximate surface area is 122 Å². The van der Waals surface area contributed by atoms with Crippen molar-refractivity contribution in [2.24, 2.45) is 5.92 Å². The average Bonchev–Trinajstić information content (AvgIpc) is 2.97. The molecule has 1 aliphatic carbocycles. The lowest BCUT2D eigenvalue weighted by atomic mass is 9.83. The second-order valence-corrected chi connectivity index (χ2v) is 5.27. The van der Waals surface area contributed by atoms with Crippen molar-refractivity contribution in [2.45, 2.75) is 25.7 Å². The van der Waals surface area contributed by atoms with Crippen LogP contribution in [0.3, 0.4) is 0 Å².